The molecule has 4 aromatic rings. The first-order valence-electron chi connectivity index (χ1n) is 9.68. The minimum absolute atomic E-state index is 0. The van der Waals surface area contributed by atoms with Gasteiger partial charge in [-0.2, -0.15) is 0 Å². The smallest absolute Gasteiger partial charge is 0.295 e. The standard InChI is InChI=1S/C22H22ClN3O2S.ClH/c1-3-25(4-2)11-12-26(22-24-17-10-9-16(23)14-20(17)29-22)21(27)19-13-15-7-5-6-8-18(15)28-19;/h5-10,13-14H,3-4,11-12H2,1-2H3;1H. The lowest BCUT2D eigenvalue weighted by Gasteiger charge is -2.24. The Labute approximate surface area is 190 Å². The maximum Gasteiger partial charge on any atom is 0.295 e. The van der Waals surface area contributed by atoms with Gasteiger partial charge in [-0.15, -0.1) is 12.4 Å². The number of anilines is 1. The summed E-state index contributed by atoms with van der Waals surface area (Å²) < 4.78 is 6.79. The zero-order chi connectivity index (χ0) is 20.4. The third-order valence-corrected chi connectivity index (χ3v) is 6.26. The highest BCUT2D eigenvalue weighted by atomic mass is 35.5. The van der Waals surface area contributed by atoms with E-state index in [1.165, 1.54) is 11.3 Å². The SMILES string of the molecule is CCN(CC)CCN(C(=O)c1cc2ccccc2o1)c1nc2ccc(Cl)cc2s1.Cl. The molecular weight excluding hydrogens is 441 g/mol. The molecule has 0 N–H and O–H groups in total. The molecule has 0 unspecified atom stereocenters. The van der Waals surface area contributed by atoms with Gasteiger partial charge in [-0.3, -0.25) is 9.69 Å². The van der Waals surface area contributed by atoms with Crippen LogP contribution in [0.15, 0.2) is 52.9 Å². The second-order valence-electron chi connectivity index (χ2n) is 6.74. The molecule has 0 aliphatic carbocycles. The molecule has 0 radical (unpaired) electrons. The second kappa shape index (κ2) is 9.79. The van der Waals surface area contributed by atoms with Crippen molar-refractivity contribution in [2.24, 2.45) is 0 Å². The first-order valence-corrected chi connectivity index (χ1v) is 10.9. The highest BCUT2D eigenvalue weighted by molar-refractivity contribution is 7.22. The van der Waals surface area contributed by atoms with Crippen molar-refractivity contribution >= 4 is 67.6 Å². The van der Waals surface area contributed by atoms with Gasteiger partial charge < -0.3 is 9.32 Å². The third kappa shape index (κ3) is 4.62. The van der Waals surface area contributed by atoms with Crippen LogP contribution in [0.4, 0.5) is 5.13 Å². The number of halogens is 2. The Morgan fingerprint density at radius 2 is 1.87 bits per heavy atom. The molecule has 1 amide bonds. The summed E-state index contributed by atoms with van der Waals surface area (Å²) in [6, 6.07) is 15.0. The van der Waals surface area contributed by atoms with E-state index in [2.05, 4.69) is 23.7 Å². The van der Waals surface area contributed by atoms with E-state index in [1.807, 2.05) is 42.5 Å². The maximum absolute atomic E-state index is 13.4. The molecule has 8 heteroatoms. The highest BCUT2D eigenvalue weighted by Gasteiger charge is 2.24. The van der Waals surface area contributed by atoms with Crippen LogP contribution >= 0.6 is 35.3 Å². The first-order chi connectivity index (χ1) is 14.1. The van der Waals surface area contributed by atoms with Gasteiger partial charge in [-0.1, -0.05) is 55.0 Å². The first kappa shape index (κ1) is 22.6. The van der Waals surface area contributed by atoms with Gasteiger partial charge >= 0.3 is 0 Å². The van der Waals surface area contributed by atoms with E-state index >= 15 is 0 Å². The van der Waals surface area contributed by atoms with Crippen molar-refractivity contribution in [1.82, 2.24) is 9.88 Å². The Bertz CT molecular complexity index is 1120. The molecule has 0 aliphatic heterocycles. The molecule has 2 heterocycles. The van der Waals surface area contributed by atoms with Crippen molar-refractivity contribution in [1.29, 1.82) is 0 Å². The number of para-hydroxylation sites is 1. The van der Waals surface area contributed by atoms with E-state index < -0.39 is 0 Å². The van der Waals surface area contributed by atoms with Gasteiger partial charge in [0.1, 0.15) is 5.58 Å². The van der Waals surface area contributed by atoms with E-state index in [1.54, 1.807) is 11.0 Å². The number of amides is 1. The molecule has 0 saturated heterocycles. The van der Waals surface area contributed by atoms with Gasteiger partial charge in [0.2, 0.25) is 0 Å². The molecule has 30 heavy (non-hydrogen) atoms. The van der Waals surface area contributed by atoms with E-state index in [4.69, 9.17) is 16.0 Å². The molecule has 0 aliphatic rings. The van der Waals surface area contributed by atoms with Gasteiger partial charge in [0.05, 0.1) is 10.2 Å². The van der Waals surface area contributed by atoms with Crippen LogP contribution in [0.3, 0.4) is 0 Å². The fraction of sp³-hybridized carbons (Fsp3) is 0.273. The van der Waals surface area contributed by atoms with Crippen molar-refractivity contribution in [3.63, 3.8) is 0 Å². The molecule has 0 atom stereocenters. The number of aromatic nitrogens is 1. The van der Waals surface area contributed by atoms with Gasteiger partial charge in [0.15, 0.2) is 10.9 Å². The Kier molecular flexibility index (Phi) is 7.36. The molecule has 5 nitrogen and oxygen atoms in total. The van der Waals surface area contributed by atoms with E-state index in [0.29, 0.717) is 28.0 Å². The topological polar surface area (TPSA) is 49.6 Å². The zero-order valence-electron chi connectivity index (χ0n) is 16.8. The molecular formula is C22H23Cl2N3O2S. The van der Waals surface area contributed by atoms with Crippen LogP contribution in [0.2, 0.25) is 5.02 Å². The van der Waals surface area contributed by atoms with E-state index in [9.17, 15) is 4.79 Å². The second-order valence-corrected chi connectivity index (χ2v) is 8.19. The van der Waals surface area contributed by atoms with Gasteiger partial charge in [-0.05, 0) is 43.4 Å². The number of fused-ring (bicyclic) bond motifs is 2. The fourth-order valence-electron chi connectivity index (χ4n) is 3.29. The van der Waals surface area contributed by atoms with Crippen molar-refractivity contribution in [2.45, 2.75) is 13.8 Å². The Morgan fingerprint density at radius 3 is 2.60 bits per heavy atom. The van der Waals surface area contributed by atoms with Gasteiger partial charge in [0.25, 0.3) is 5.91 Å². The molecule has 0 spiro atoms. The van der Waals surface area contributed by atoms with Crippen LogP contribution in [0, 0.1) is 0 Å². The molecule has 158 valence electrons. The van der Waals surface area contributed by atoms with Gasteiger partial charge in [0, 0.05) is 23.5 Å². The molecule has 0 fully saturated rings. The molecule has 2 aromatic carbocycles. The summed E-state index contributed by atoms with van der Waals surface area (Å²) in [5.41, 5.74) is 1.54. The average molecular weight is 464 g/mol. The number of thiazole rings is 1. The lowest BCUT2D eigenvalue weighted by molar-refractivity contribution is 0.0959. The molecule has 2 aromatic heterocycles. The predicted molar refractivity (Wildman–Crippen MR) is 128 cm³/mol. The summed E-state index contributed by atoms with van der Waals surface area (Å²) >= 11 is 7.59. The quantitative estimate of drug-likeness (QED) is 0.331. The summed E-state index contributed by atoms with van der Waals surface area (Å²) in [5, 5.41) is 2.22. The highest BCUT2D eigenvalue weighted by Crippen LogP contribution is 2.32. The normalized spacial score (nSPS) is 11.2. The zero-order valence-corrected chi connectivity index (χ0v) is 19.2. The Hall–Kier alpha value is -2.12. The minimum Gasteiger partial charge on any atom is -0.451 e. The number of benzene rings is 2. The Balaban J connectivity index is 0.00000256. The van der Waals surface area contributed by atoms with Crippen molar-refractivity contribution in [3.05, 3.63) is 59.3 Å². The van der Waals surface area contributed by atoms with Crippen LogP contribution in [-0.4, -0.2) is 42.0 Å². The minimum atomic E-state index is -0.182. The monoisotopic (exact) mass is 463 g/mol. The number of likely N-dealkylation sites (N-methyl/N-ethyl adjacent to an activating group) is 1. The largest absolute Gasteiger partial charge is 0.451 e. The number of carbonyl (C=O) groups excluding carboxylic acids is 1. The summed E-state index contributed by atoms with van der Waals surface area (Å²) in [4.78, 5) is 22.1. The summed E-state index contributed by atoms with van der Waals surface area (Å²) in [6.45, 7) is 7.39. The lowest BCUT2D eigenvalue weighted by Crippen LogP contribution is -2.38. The van der Waals surface area contributed by atoms with E-state index in [-0.39, 0.29) is 18.3 Å². The van der Waals surface area contributed by atoms with Crippen LogP contribution < -0.4 is 4.90 Å². The number of hydrogen-bond acceptors (Lipinski definition) is 5. The van der Waals surface area contributed by atoms with Crippen LogP contribution in [0.5, 0.6) is 0 Å². The van der Waals surface area contributed by atoms with Crippen LogP contribution in [0.25, 0.3) is 21.2 Å². The predicted octanol–water partition coefficient (Wildman–Crippen LogP) is 6.11. The number of nitrogens with zero attached hydrogens (tertiary/aromatic N) is 3. The molecule has 0 bridgehead atoms. The molecule has 0 saturated carbocycles. The number of rotatable bonds is 7. The third-order valence-electron chi connectivity index (χ3n) is 4.99. The lowest BCUT2D eigenvalue weighted by atomic mass is 10.2. The fourth-order valence-corrected chi connectivity index (χ4v) is 4.55. The van der Waals surface area contributed by atoms with Crippen LogP contribution in [-0.2, 0) is 0 Å². The number of furan rings is 1. The van der Waals surface area contributed by atoms with Crippen molar-refractivity contribution < 1.29 is 9.21 Å². The van der Waals surface area contributed by atoms with Gasteiger partial charge in [-0.25, -0.2) is 4.98 Å². The summed E-state index contributed by atoms with van der Waals surface area (Å²) in [7, 11) is 0. The van der Waals surface area contributed by atoms with Crippen molar-refractivity contribution in [3.8, 4) is 0 Å². The van der Waals surface area contributed by atoms with E-state index in [0.717, 1.165) is 35.2 Å². The number of carbonyl (C=O) groups is 1. The Morgan fingerprint density at radius 1 is 1.10 bits per heavy atom. The number of hydrogen-bond donors (Lipinski definition) is 0. The average Bonchev–Trinajstić information content (AvgIpc) is 3.34. The van der Waals surface area contributed by atoms with Crippen LogP contribution in [0.1, 0.15) is 24.4 Å². The summed E-state index contributed by atoms with van der Waals surface area (Å²) in [5.74, 6) is 0.140. The summed E-state index contributed by atoms with van der Waals surface area (Å²) in [6.07, 6.45) is 0. The molecule has 4 rings (SSSR count). The maximum atomic E-state index is 13.4. The van der Waals surface area contributed by atoms with Crippen molar-refractivity contribution in [2.75, 3.05) is 31.1 Å².